The largest absolute Gasteiger partial charge is 0.394 e. The summed E-state index contributed by atoms with van der Waals surface area (Å²) >= 11 is 0. The van der Waals surface area contributed by atoms with E-state index in [0.29, 0.717) is 0 Å². The van der Waals surface area contributed by atoms with E-state index in [0.717, 1.165) is 24.2 Å². The molecular weight excluding hydrogens is 725 g/mol. The minimum atomic E-state index is -0.215. The molecule has 0 aliphatic heterocycles. The molecule has 1 aliphatic carbocycles. The second-order valence-electron chi connectivity index (χ2n) is 13.9. The molecule has 7 aromatic rings. The van der Waals surface area contributed by atoms with E-state index in [2.05, 4.69) is 195 Å². The number of aryl methyl sites for hydroxylation is 2. The molecule has 8 rings (SSSR count). The molecule has 2 nitrogen and oxygen atoms in total. The predicted octanol–water partition coefficient (Wildman–Crippen LogP) is 16.2. The van der Waals surface area contributed by atoms with Crippen LogP contribution in [-0.4, -0.2) is 7.05 Å². The van der Waals surface area contributed by atoms with Crippen LogP contribution in [0.5, 0.6) is 0 Å². The van der Waals surface area contributed by atoms with Crippen molar-refractivity contribution in [1.29, 1.82) is 0 Å². The SMILES string of the molecule is C=C/C=C\C=C/CC1(c2ccccc2CC)c2ccc(C)cc2-c2cc3ccccc3cc21.C=CNC.CC.CC.c1ccc(Nc2ccc(-c3ccccc3)cc2)cc1. The zero-order valence-electron chi connectivity index (χ0n) is 36.9. The molecule has 0 fully saturated rings. The molecule has 0 spiro atoms. The average Bonchev–Trinajstić information content (AvgIpc) is 3.58. The van der Waals surface area contributed by atoms with Gasteiger partial charge in [-0.25, -0.2) is 0 Å². The van der Waals surface area contributed by atoms with Crippen LogP contribution < -0.4 is 10.6 Å². The van der Waals surface area contributed by atoms with Gasteiger partial charge in [-0.15, -0.1) is 0 Å². The molecule has 7 aromatic carbocycles. The lowest BCUT2D eigenvalue weighted by Gasteiger charge is -2.34. The van der Waals surface area contributed by atoms with Gasteiger partial charge in [0.1, 0.15) is 0 Å². The molecule has 2 heteroatoms. The Morgan fingerprint density at radius 1 is 0.533 bits per heavy atom. The molecule has 2 N–H and O–H groups in total. The Morgan fingerprint density at radius 2 is 1.08 bits per heavy atom. The molecule has 0 aromatic heterocycles. The second kappa shape index (κ2) is 24.3. The third-order valence-corrected chi connectivity index (χ3v) is 10.3. The lowest BCUT2D eigenvalue weighted by atomic mass is 9.68. The number of anilines is 2. The molecular formula is C58H64N2. The van der Waals surface area contributed by atoms with Crippen LogP contribution in [-0.2, 0) is 11.8 Å². The highest BCUT2D eigenvalue weighted by atomic mass is 14.9. The Hall–Kier alpha value is -6.64. The Labute approximate surface area is 361 Å². The number of para-hydroxylation sites is 1. The lowest BCUT2D eigenvalue weighted by Crippen LogP contribution is -2.28. The predicted molar refractivity (Wildman–Crippen MR) is 266 cm³/mol. The first-order chi connectivity index (χ1) is 29.5. The maximum absolute atomic E-state index is 3.80. The minimum Gasteiger partial charge on any atom is -0.394 e. The monoisotopic (exact) mass is 789 g/mol. The number of benzene rings is 7. The number of hydrogen-bond donors (Lipinski definition) is 2. The minimum absolute atomic E-state index is 0.215. The zero-order valence-corrected chi connectivity index (χ0v) is 36.9. The van der Waals surface area contributed by atoms with Gasteiger partial charge in [0.25, 0.3) is 0 Å². The Balaban J connectivity index is 0.000000248. The zero-order chi connectivity index (χ0) is 43.2. The van der Waals surface area contributed by atoms with E-state index < -0.39 is 0 Å². The van der Waals surface area contributed by atoms with E-state index in [1.54, 1.807) is 6.20 Å². The summed E-state index contributed by atoms with van der Waals surface area (Å²) in [5.74, 6) is 0. The topological polar surface area (TPSA) is 24.1 Å². The Bertz CT molecular complexity index is 2420. The number of allylic oxidation sites excluding steroid dienone is 5. The van der Waals surface area contributed by atoms with Crippen LogP contribution in [0.4, 0.5) is 11.4 Å². The van der Waals surface area contributed by atoms with Gasteiger partial charge < -0.3 is 10.6 Å². The van der Waals surface area contributed by atoms with Gasteiger partial charge in [0.05, 0.1) is 5.41 Å². The third kappa shape index (κ3) is 11.3. The quantitative estimate of drug-likeness (QED) is 0.135. The van der Waals surface area contributed by atoms with Crippen LogP contribution >= 0.6 is 0 Å². The van der Waals surface area contributed by atoms with E-state index in [-0.39, 0.29) is 5.41 Å². The maximum atomic E-state index is 3.80. The van der Waals surface area contributed by atoms with Crippen molar-refractivity contribution in [2.75, 3.05) is 12.4 Å². The average molecular weight is 789 g/mol. The van der Waals surface area contributed by atoms with Crippen molar-refractivity contribution in [3.63, 3.8) is 0 Å². The van der Waals surface area contributed by atoms with Crippen molar-refractivity contribution in [3.8, 4) is 22.3 Å². The smallest absolute Gasteiger partial charge is 0.0500 e. The van der Waals surface area contributed by atoms with Crippen molar-refractivity contribution in [2.45, 2.75) is 59.8 Å². The summed E-state index contributed by atoms with van der Waals surface area (Å²) in [6.07, 6.45) is 13.9. The molecule has 1 unspecified atom stereocenters. The van der Waals surface area contributed by atoms with Crippen LogP contribution in [0.2, 0.25) is 0 Å². The highest BCUT2D eigenvalue weighted by Gasteiger charge is 2.44. The first-order valence-corrected chi connectivity index (χ1v) is 21.5. The summed E-state index contributed by atoms with van der Waals surface area (Å²) in [5.41, 5.74) is 14.2. The molecule has 0 saturated heterocycles. The first kappa shape index (κ1) is 46.1. The molecule has 0 saturated carbocycles. The maximum Gasteiger partial charge on any atom is 0.0500 e. The number of nitrogens with one attached hydrogen (secondary N) is 2. The van der Waals surface area contributed by atoms with Crippen molar-refractivity contribution >= 4 is 22.1 Å². The Morgan fingerprint density at radius 3 is 1.72 bits per heavy atom. The van der Waals surface area contributed by atoms with Gasteiger partial charge in [0.2, 0.25) is 0 Å². The van der Waals surface area contributed by atoms with Crippen LogP contribution in [0.1, 0.15) is 68.9 Å². The fraction of sp³-hybridized carbons (Fsp3) is 0.172. The summed E-state index contributed by atoms with van der Waals surface area (Å²) in [6.45, 7) is 19.6. The molecule has 1 aliphatic rings. The molecule has 0 heterocycles. The second-order valence-corrected chi connectivity index (χ2v) is 13.9. The summed E-state index contributed by atoms with van der Waals surface area (Å²) in [5, 5.41) is 8.68. The highest BCUT2D eigenvalue weighted by molar-refractivity contribution is 5.95. The highest BCUT2D eigenvalue weighted by Crippen LogP contribution is 2.56. The number of fused-ring (bicyclic) bond motifs is 4. The van der Waals surface area contributed by atoms with Crippen LogP contribution in [0.25, 0.3) is 33.0 Å². The molecule has 306 valence electrons. The van der Waals surface area contributed by atoms with Gasteiger partial charge in [-0.2, -0.15) is 0 Å². The van der Waals surface area contributed by atoms with E-state index >= 15 is 0 Å². The van der Waals surface area contributed by atoms with Gasteiger partial charge in [-0.3, -0.25) is 0 Å². The van der Waals surface area contributed by atoms with Crippen molar-refractivity contribution in [1.82, 2.24) is 5.32 Å². The Kier molecular flexibility index (Phi) is 18.7. The molecule has 60 heavy (non-hydrogen) atoms. The van der Waals surface area contributed by atoms with Gasteiger partial charge >= 0.3 is 0 Å². The van der Waals surface area contributed by atoms with Crippen LogP contribution in [0.15, 0.2) is 214 Å². The van der Waals surface area contributed by atoms with Gasteiger partial charge in [-0.05, 0) is 118 Å². The third-order valence-electron chi connectivity index (χ3n) is 10.3. The molecule has 0 amide bonds. The van der Waals surface area contributed by atoms with Crippen LogP contribution in [0, 0.1) is 6.92 Å². The summed E-state index contributed by atoms with van der Waals surface area (Å²) in [6, 6.07) is 58.7. The number of hydrogen-bond acceptors (Lipinski definition) is 2. The lowest BCUT2D eigenvalue weighted by molar-refractivity contribution is 0.637. The molecule has 0 bridgehead atoms. The van der Waals surface area contributed by atoms with E-state index in [1.165, 1.54) is 60.8 Å². The standard InChI is InChI=1S/C33H30.C18H15N.C3H7N.2C2H6/c1-4-6-7-8-13-20-33(30-17-12-11-14-25(30)5-2)31-19-18-24(3)21-28(31)29-22-26-15-9-10-16-27(26)23-32(29)33;1-3-7-15(8-4-1)16-11-13-18(14-12-16)19-17-9-5-2-6-10-17;1-3-4-2;2*1-2/h4,6-19,21-23H,1,5,20H2,2-3H3;1-14,19H;3-4H,1H2,2H3;2*1-2H3/b7-6-,13-8-;;;;. The van der Waals surface area contributed by atoms with Gasteiger partial charge in [-0.1, -0.05) is 211 Å². The van der Waals surface area contributed by atoms with Crippen molar-refractivity contribution in [3.05, 3.63) is 241 Å². The van der Waals surface area contributed by atoms with E-state index in [4.69, 9.17) is 0 Å². The summed E-state index contributed by atoms with van der Waals surface area (Å²) in [4.78, 5) is 0. The molecule has 0 radical (unpaired) electrons. The fourth-order valence-corrected chi connectivity index (χ4v) is 7.61. The fourth-order valence-electron chi connectivity index (χ4n) is 7.61. The van der Waals surface area contributed by atoms with Crippen LogP contribution in [0.3, 0.4) is 0 Å². The molecule has 1 atom stereocenters. The van der Waals surface area contributed by atoms with E-state index in [1.807, 2.05) is 71.2 Å². The van der Waals surface area contributed by atoms with Gasteiger partial charge in [0, 0.05) is 18.4 Å². The van der Waals surface area contributed by atoms with Crippen molar-refractivity contribution < 1.29 is 0 Å². The normalized spacial score (nSPS) is 13.1. The number of rotatable bonds is 10. The first-order valence-electron chi connectivity index (χ1n) is 21.5. The van der Waals surface area contributed by atoms with Gasteiger partial charge in [0.15, 0.2) is 0 Å². The summed E-state index contributed by atoms with van der Waals surface area (Å²) in [7, 11) is 1.81. The summed E-state index contributed by atoms with van der Waals surface area (Å²) < 4.78 is 0. The van der Waals surface area contributed by atoms with Crippen molar-refractivity contribution in [2.24, 2.45) is 0 Å². The van der Waals surface area contributed by atoms with E-state index in [9.17, 15) is 0 Å².